The minimum atomic E-state index is -0.545. The summed E-state index contributed by atoms with van der Waals surface area (Å²) < 4.78 is 20.3. The Morgan fingerprint density at radius 1 is 1.17 bits per heavy atom. The zero-order valence-corrected chi connectivity index (χ0v) is 15.7. The van der Waals surface area contributed by atoms with E-state index in [1.54, 1.807) is 30.3 Å². The molecular weight excluding hydrogens is 399 g/mol. The number of carbonyl (C=O) groups is 1. The van der Waals surface area contributed by atoms with Crippen LogP contribution in [-0.4, -0.2) is 20.6 Å². The molecule has 0 saturated carbocycles. The number of nitrogens with zero attached hydrogens (tertiary/aromatic N) is 3. The lowest BCUT2D eigenvalue weighted by molar-refractivity contribution is -0.121. The van der Waals surface area contributed by atoms with Crippen LogP contribution in [0.3, 0.4) is 0 Å². The van der Waals surface area contributed by atoms with E-state index in [9.17, 15) is 14.0 Å². The fourth-order valence-electron chi connectivity index (χ4n) is 2.84. The summed E-state index contributed by atoms with van der Waals surface area (Å²) in [7, 11) is 0. The van der Waals surface area contributed by atoms with Crippen molar-refractivity contribution in [1.82, 2.24) is 20.0 Å². The van der Waals surface area contributed by atoms with E-state index in [-0.39, 0.29) is 41.4 Å². The second kappa shape index (κ2) is 7.84. The molecule has 0 fully saturated rings. The molecular formula is C20H14ClFN4O3. The Hall–Kier alpha value is -3.52. The number of aromatic nitrogens is 3. The first-order valence-corrected chi connectivity index (χ1v) is 9.01. The second-order valence-electron chi connectivity index (χ2n) is 6.27. The highest BCUT2D eigenvalue weighted by molar-refractivity contribution is 6.30. The number of nitrogens with one attached hydrogen (secondary N) is 1. The van der Waals surface area contributed by atoms with Gasteiger partial charge in [0.05, 0.1) is 0 Å². The number of benzene rings is 2. The lowest BCUT2D eigenvalue weighted by atomic mass is 10.1. The Kier molecular flexibility index (Phi) is 5.09. The molecule has 7 nitrogen and oxygen atoms in total. The molecule has 4 aromatic rings. The van der Waals surface area contributed by atoms with Gasteiger partial charge in [0.15, 0.2) is 0 Å². The molecule has 9 heteroatoms. The maximum atomic E-state index is 14.1. The molecule has 4 rings (SSSR count). The van der Waals surface area contributed by atoms with Gasteiger partial charge in [0, 0.05) is 17.1 Å². The van der Waals surface area contributed by atoms with Crippen LogP contribution in [0.5, 0.6) is 0 Å². The zero-order chi connectivity index (χ0) is 20.4. The van der Waals surface area contributed by atoms with Crippen molar-refractivity contribution in [2.45, 2.75) is 13.1 Å². The molecule has 146 valence electrons. The summed E-state index contributed by atoms with van der Waals surface area (Å²) >= 11 is 5.84. The molecule has 0 saturated heterocycles. The van der Waals surface area contributed by atoms with E-state index in [0.717, 1.165) is 10.1 Å². The lowest BCUT2D eigenvalue weighted by Crippen LogP contribution is -2.32. The van der Waals surface area contributed by atoms with Crippen LogP contribution in [0, 0.1) is 5.82 Å². The fourth-order valence-corrected chi connectivity index (χ4v) is 2.97. The van der Waals surface area contributed by atoms with Crippen LogP contribution in [0.25, 0.3) is 22.4 Å². The van der Waals surface area contributed by atoms with Crippen LogP contribution < -0.4 is 10.9 Å². The van der Waals surface area contributed by atoms with Gasteiger partial charge >= 0.3 is 0 Å². The van der Waals surface area contributed by atoms with E-state index in [2.05, 4.69) is 15.5 Å². The van der Waals surface area contributed by atoms with E-state index >= 15 is 0 Å². The molecule has 0 aliphatic rings. The Morgan fingerprint density at radius 3 is 2.69 bits per heavy atom. The SMILES string of the molecule is O=C(Cn1cnc2onc(-c3ccccc3F)c2c1=O)NCc1ccc(Cl)cc1. The predicted molar refractivity (Wildman–Crippen MR) is 105 cm³/mol. The van der Waals surface area contributed by atoms with Crippen LogP contribution >= 0.6 is 11.6 Å². The van der Waals surface area contributed by atoms with Gasteiger partial charge in [0.1, 0.15) is 29.8 Å². The molecule has 0 unspecified atom stereocenters. The standard InChI is InChI=1S/C20H14ClFN4O3/c21-13-7-5-12(6-8-13)9-23-16(27)10-26-11-24-19-17(20(26)28)18(25-29-19)14-3-1-2-4-15(14)22/h1-8,11H,9-10H2,(H,23,27). The Bertz CT molecular complexity index is 1250. The molecule has 1 N–H and O–H groups in total. The average molecular weight is 413 g/mol. The van der Waals surface area contributed by atoms with Crippen molar-refractivity contribution in [2.24, 2.45) is 0 Å². The number of hydrogen-bond donors (Lipinski definition) is 1. The van der Waals surface area contributed by atoms with Crippen LogP contribution in [-0.2, 0) is 17.9 Å². The molecule has 0 aliphatic heterocycles. The largest absolute Gasteiger partial charge is 0.350 e. The number of carbonyl (C=O) groups excluding carboxylic acids is 1. The highest BCUT2D eigenvalue weighted by Gasteiger charge is 2.19. The maximum absolute atomic E-state index is 14.1. The van der Waals surface area contributed by atoms with E-state index < -0.39 is 11.4 Å². The molecule has 29 heavy (non-hydrogen) atoms. The van der Waals surface area contributed by atoms with E-state index in [4.69, 9.17) is 16.1 Å². The van der Waals surface area contributed by atoms with Gasteiger partial charge in [0.2, 0.25) is 5.91 Å². The normalized spacial score (nSPS) is 11.0. The molecule has 2 aromatic carbocycles. The Labute approximate surface area is 168 Å². The molecule has 1 amide bonds. The lowest BCUT2D eigenvalue weighted by Gasteiger charge is -2.07. The van der Waals surface area contributed by atoms with E-state index in [1.807, 2.05) is 0 Å². The highest BCUT2D eigenvalue weighted by Crippen LogP contribution is 2.26. The summed E-state index contributed by atoms with van der Waals surface area (Å²) in [6, 6.07) is 12.9. The number of hydrogen-bond acceptors (Lipinski definition) is 5. The molecule has 0 atom stereocenters. The monoisotopic (exact) mass is 412 g/mol. The van der Waals surface area contributed by atoms with Crippen molar-refractivity contribution in [1.29, 1.82) is 0 Å². The van der Waals surface area contributed by atoms with Crippen molar-refractivity contribution < 1.29 is 13.7 Å². The summed E-state index contributed by atoms with van der Waals surface area (Å²) in [6.45, 7) is 0.0332. The predicted octanol–water partition coefficient (Wildman–Crippen LogP) is 3.16. The Balaban J connectivity index is 1.58. The third kappa shape index (κ3) is 3.88. The number of rotatable bonds is 5. The first-order chi connectivity index (χ1) is 14.0. The van der Waals surface area contributed by atoms with Gasteiger partial charge in [-0.1, -0.05) is 41.0 Å². The minimum absolute atomic E-state index is 0.0168. The molecule has 0 aliphatic carbocycles. The second-order valence-corrected chi connectivity index (χ2v) is 6.71. The third-order valence-electron chi connectivity index (χ3n) is 4.31. The summed E-state index contributed by atoms with van der Waals surface area (Å²) in [5.74, 6) is -0.926. The van der Waals surface area contributed by atoms with E-state index in [0.29, 0.717) is 5.02 Å². The summed E-state index contributed by atoms with van der Waals surface area (Å²) in [4.78, 5) is 29.1. The van der Waals surface area contributed by atoms with Gasteiger partial charge in [-0.25, -0.2) is 9.37 Å². The molecule has 0 bridgehead atoms. The van der Waals surface area contributed by atoms with Crippen molar-refractivity contribution in [3.05, 3.63) is 81.6 Å². The number of halogens is 2. The van der Waals surface area contributed by atoms with Gasteiger partial charge in [-0.2, -0.15) is 0 Å². The topological polar surface area (TPSA) is 90.0 Å². The van der Waals surface area contributed by atoms with Gasteiger partial charge < -0.3 is 9.84 Å². The van der Waals surface area contributed by atoms with Crippen molar-refractivity contribution in [2.75, 3.05) is 0 Å². The summed E-state index contributed by atoms with van der Waals surface area (Å²) in [5, 5.41) is 7.13. The van der Waals surface area contributed by atoms with Crippen LogP contribution in [0.4, 0.5) is 4.39 Å². The molecule has 2 aromatic heterocycles. The van der Waals surface area contributed by atoms with Gasteiger partial charge in [-0.3, -0.25) is 14.2 Å². The van der Waals surface area contributed by atoms with Crippen molar-refractivity contribution >= 4 is 28.6 Å². The molecule has 0 spiro atoms. The van der Waals surface area contributed by atoms with Crippen LogP contribution in [0.2, 0.25) is 5.02 Å². The van der Waals surface area contributed by atoms with Crippen LogP contribution in [0.15, 0.2) is 64.2 Å². The van der Waals surface area contributed by atoms with Gasteiger partial charge in [-0.05, 0) is 29.8 Å². The highest BCUT2D eigenvalue weighted by atomic mass is 35.5. The van der Waals surface area contributed by atoms with Crippen molar-refractivity contribution in [3.63, 3.8) is 0 Å². The zero-order valence-electron chi connectivity index (χ0n) is 14.9. The Morgan fingerprint density at radius 2 is 1.93 bits per heavy atom. The summed E-state index contributed by atoms with van der Waals surface area (Å²) in [6.07, 6.45) is 1.20. The number of amides is 1. The first kappa shape index (κ1) is 18.8. The fraction of sp³-hybridized carbons (Fsp3) is 0.100. The first-order valence-electron chi connectivity index (χ1n) is 8.64. The van der Waals surface area contributed by atoms with Crippen LogP contribution in [0.1, 0.15) is 5.56 Å². The van der Waals surface area contributed by atoms with Crippen molar-refractivity contribution in [3.8, 4) is 11.3 Å². The van der Waals surface area contributed by atoms with E-state index in [1.165, 1.54) is 24.5 Å². The smallest absolute Gasteiger partial charge is 0.267 e. The quantitative estimate of drug-likeness (QED) is 0.543. The average Bonchev–Trinajstić information content (AvgIpc) is 3.15. The molecule has 0 radical (unpaired) electrons. The summed E-state index contributed by atoms with van der Waals surface area (Å²) in [5.41, 5.74) is 0.466. The van der Waals surface area contributed by atoms with Gasteiger partial charge in [-0.15, -0.1) is 0 Å². The maximum Gasteiger partial charge on any atom is 0.267 e. The van der Waals surface area contributed by atoms with Gasteiger partial charge in [0.25, 0.3) is 11.3 Å². The third-order valence-corrected chi connectivity index (χ3v) is 4.56. The number of fused-ring (bicyclic) bond motifs is 1. The molecule has 2 heterocycles. The minimum Gasteiger partial charge on any atom is -0.350 e.